The van der Waals surface area contributed by atoms with E-state index in [0.29, 0.717) is 19.3 Å². The number of rotatable bonds is 38. The summed E-state index contributed by atoms with van der Waals surface area (Å²) < 4.78 is 5.87. The van der Waals surface area contributed by atoms with E-state index in [4.69, 9.17) is 4.74 Å². The summed E-state index contributed by atoms with van der Waals surface area (Å²) in [6.07, 6.45) is 43.5. The molecule has 0 heterocycles. The summed E-state index contributed by atoms with van der Waals surface area (Å²) >= 11 is 0. The lowest BCUT2D eigenvalue weighted by molar-refractivity contribution is -0.151. The zero-order valence-electron chi connectivity index (χ0n) is 33.7. The number of unbranched alkanes of at least 4 members (excludes halogenated alkanes) is 22. The van der Waals surface area contributed by atoms with E-state index in [0.717, 1.165) is 83.5 Å². The molecule has 0 rings (SSSR count). The first-order chi connectivity index (χ1) is 25.0. The molecule has 0 aromatic carbocycles. The van der Waals surface area contributed by atoms with Crippen LogP contribution in [0.2, 0.25) is 0 Å². The molecule has 0 bridgehead atoms. The fourth-order valence-corrected chi connectivity index (χ4v) is 6.49. The Hall–Kier alpha value is -1.92. The molecule has 0 aliphatic heterocycles. The van der Waals surface area contributed by atoms with E-state index in [1.807, 2.05) is 0 Å². The van der Waals surface area contributed by atoms with Gasteiger partial charge in [0.15, 0.2) is 0 Å². The monoisotopic (exact) mass is 718 g/mol. The van der Waals surface area contributed by atoms with E-state index < -0.39 is 18.2 Å². The number of ether oxygens (including phenoxy) is 1. The van der Waals surface area contributed by atoms with Crippen molar-refractivity contribution in [3.8, 4) is 0 Å². The Morgan fingerprint density at radius 2 is 1.06 bits per heavy atom. The van der Waals surface area contributed by atoms with E-state index in [1.54, 1.807) is 0 Å². The summed E-state index contributed by atoms with van der Waals surface area (Å²) in [6, 6.07) is -0.702. The fraction of sp³-hybridized carbons (Fsp3) is 0.822. The minimum Gasteiger partial charge on any atom is -0.462 e. The zero-order valence-corrected chi connectivity index (χ0v) is 33.7. The van der Waals surface area contributed by atoms with Crippen molar-refractivity contribution in [2.75, 3.05) is 6.61 Å². The standard InChI is InChI=1S/C45H83NO5/c1-4-7-10-13-16-19-21-22-23-25-27-30-33-36-41(51-45(50)38-35-32-29-24-18-15-12-9-6-3)39-44(49)46-42(40-47)43(48)37-34-31-28-26-20-17-14-11-8-5-2/h7,10,13,16,19,21,41-43,47-48H,4-6,8-9,11-12,14-15,17-18,20,22-40H2,1-3H3,(H,46,49)/b10-7+,16-13+,21-19+. The zero-order chi connectivity index (χ0) is 37.5. The second-order valence-electron chi connectivity index (χ2n) is 14.8. The highest BCUT2D eigenvalue weighted by atomic mass is 16.5. The quantitative estimate of drug-likeness (QED) is 0.0336. The number of carbonyl (C=O) groups excluding carboxylic acids is 2. The molecule has 6 heteroatoms. The Bertz CT molecular complexity index is 854. The van der Waals surface area contributed by atoms with Gasteiger partial charge in [-0.05, 0) is 44.9 Å². The highest BCUT2D eigenvalue weighted by molar-refractivity contribution is 5.77. The molecule has 0 aromatic heterocycles. The van der Waals surface area contributed by atoms with Gasteiger partial charge >= 0.3 is 5.97 Å². The third-order valence-corrected chi connectivity index (χ3v) is 9.79. The van der Waals surface area contributed by atoms with Gasteiger partial charge in [0.2, 0.25) is 5.91 Å². The molecular weight excluding hydrogens is 634 g/mol. The van der Waals surface area contributed by atoms with Crippen molar-refractivity contribution in [3.63, 3.8) is 0 Å². The highest BCUT2D eigenvalue weighted by Crippen LogP contribution is 2.17. The first-order valence-corrected chi connectivity index (χ1v) is 21.7. The van der Waals surface area contributed by atoms with Crippen LogP contribution in [0.1, 0.15) is 213 Å². The maximum Gasteiger partial charge on any atom is 0.306 e. The fourth-order valence-electron chi connectivity index (χ4n) is 6.49. The summed E-state index contributed by atoms with van der Waals surface area (Å²) in [6.45, 7) is 6.30. The maximum absolute atomic E-state index is 13.1. The molecular formula is C45H83NO5. The van der Waals surface area contributed by atoms with Crippen LogP contribution in [0.4, 0.5) is 0 Å². The van der Waals surface area contributed by atoms with Crippen LogP contribution in [0.5, 0.6) is 0 Å². The molecule has 3 N–H and O–H groups in total. The SMILES string of the molecule is CC/C=C/C=C/C=C/CCCCCCCC(CC(=O)NC(CO)C(O)CCCCCCCCCCCC)OC(=O)CCCCCCCCCCC. The molecule has 0 radical (unpaired) electrons. The minimum atomic E-state index is -0.788. The van der Waals surface area contributed by atoms with Crippen molar-refractivity contribution in [2.24, 2.45) is 0 Å². The lowest BCUT2D eigenvalue weighted by atomic mass is 10.0. The molecule has 0 aliphatic rings. The van der Waals surface area contributed by atoms with Crippen LogP contribution in [0.15, 0.2) is 36.5 Å². The van der Waals surface area contributed by atoms with Gasteiger partial charge in [-0.1, -0.05) is 192 Å². The number of amides is 1. The van der Waals surface area contributed by atoms with Crippen LogP contribution in [0.3, 0.4) is 0 Å². The van der Waals surface area contributed by atoms with Gasteiger partial charge in [-0.15, -0.1) is 0 Å². The molecule has 51 heavy (non-hydrogen) atoms. The third-order valence-electron chi connectivity index (χ3n) is 9.79. The summed E-state index contributed by atoms with van der Waals surface area (Å²) in [7, 11) is 0. The lowest BCUT2D eigenvalue weighted by Gasteiger charge is -2.24. The first kappa shape index (κ1) is 49.1. The number of allylic oxidation sites excluding steroid dienone is 6. The number of hydrogen-bond acceptors (Lipinski definition) is 5. The van der Waals surface area contributed by atoms with Gasteiger partial charge in [0.05, 0.1) is 25.2 Å². The molecule has 1 amide bonds. The van der Waals surface area contributed by atoms with Crippen molar-refractivity contribution in [2.45, 2.75) is 232 Å². The van der Waals surface area contributed by atoms with E-state index in [-0.39, 0.29) is 24.9 Å². The Kier molecular flexibility index (Phi) is 37.8. The average Bonchev–Trinajstić information content (AvgIpc) is 3.12. The Labute approximate surface area is 315 Å². The number of aliphatic hydroxyl groups excluding tert-OH is 2. The van der Waals surface area contributed by atoms with Crippen LogP contribution in [-0.4, -0.2) is 46.9 Å². The number of aliphatic hydroxyl groups is 2. The van der Waals surface area contributed by atoms with Crippen LogP contribution in [0, 0.1) is 0 Å². The molecule has 0 spiro atoms. The molecule has 0 fully saturated rings. The molecule has 0 saturated heterocycles. The molecule has 0 saturated carbocycles. The number of carbonyl (C=O) groups is 2. The Morgan fingerprint density at radius 1 is 0.588 bits per heavy atom. The third kappa shape index (κ3) is 34.9. The van der Waals surface area contributed by atoms with Gasteiger partial charge in [0, 0.05) is 6.42 Å². The molecule has 298 valence electrons. The Morgan fingerprint density at radius 3 is 1.59 bits per heavy atom. The van der Waals surface area contributed by atoms with Crippen LogP contribution < -0.4 is 5.32 Å². The molecule has 0 aromatic rings. The number of esters is 1. The van der Waals surface area contributed by atoms with Crippen molar-refractivity contribution >= 4 is 11.9 Å². The van der Waals surface area contributed by atoms with E-state index in [2.05, 4.69) is 62.5 Å². The second kappa shape index (κ2) is 39.3. The Balaban J connectivity index is 4.63. The topological polar surface area (TPSA) is 95.9 Å². The minimum absolute atomic E-state index is 0.0662. The molecule has 3 atom stereocenters. The summed E-state index contributed by atoms with van der Waals surface area (Å²) in [5, 5.41) is 23.5. The van der Waals surface area contributed by atoms with Gasteiger partial charge in [-0.3, -0.25) is 9.59 Å². The van der Waals surface area contributed by atoms with Crippen LogP contribution in [0.25, 0.3) is 0 Å². The van der Waals surface area contributed by atoms with Gasteiger partial charge in [-0.2, -0.15) is 0 Å². The van der Waals surface area contributed by atoms with Gasteiger partial charge < -0.3 is 20.3 Å². The van der Waals surface area contributed by atoms with Gasteiger partial charge in [0.1, 0.15) is 6.10 Å². The summed E-state index contributed by atoms with van der Waals surface area (Å²) in [4.78, 5) is 25.9. The maximum atomic E-state index is 13.1. The number of nitrogens with one attached hydrogen (secondary N) is 1. The van der Waals surface area contributed by atoms with Crippen molar-refractivity contribution in [3.05, 3.63) is 36.5 Å². The van der Waals surface area contributed by atoms with E-state index >= 15 is 0 Å². The predicted molar refractivity (Wildman–Crippen MR) is 218 cm³/mol. The summed E-state index contributed by atoms with van der Waals surface area (Å²) in [5.41, 5.74) is 0. The summed E-state index contributed by atoms with van der Waals surface area (Å²) in [5.74, 6) is -0.496. The molecule has 0 aliphatic carbocycles. The average molecular weight is 718 g/mol. The van der Waals surface area contributed by atoms with E-state index in [1.165, 1.54) is 83.5 Å². The first-order valence-electron chi connectivity index (χ1n) is 21.7. The van der Waals surface area contributed by atoms with Gasteiger partial charge in [0.25, 0.3) is 0 Å². The highest BCUT2D eigenvalue weighted by Gasteiger charge is 2.24. The van der Waals surface area contributed by atoms with Crippen LogP contribution >= 0.6 is 0 Å². The van der Waals surface area contributed by atoms with E-state index in [9.17, 15) is 19.8 Å². The van der Waals surface area contributed by atoms with Gasteiger partial charge in [-0.25, -0.2) is 0 Å². The van der Waals surface area contributed by atoms with Crippen molar-refractivity contribution in [1.82, 2.24) is 5.32 Å². The second-order valence-corrected chi connectivity index (χ2v) is 14.8. The van der Waals surface area contributed by atoms with Crippen molar-refractivity contribution < 1.29 is 24.5 Å². The van der Waals surface area contributed by atoms with Crippen LogP contribution in [-0.2, 0) is 14.3 Å². The smallest absolute Gasteiger partial charge is 0.306 e. The predicted octanol–water partition coefficient (Wildman–Crippen LogP) is 12.2. The molecule has 6 nitrogen and oxygen atoms in total. The largest absolute Gasteiger partial charge is 0.462 e. The lowest BCUT2D eigenvalue weighted by Crippen LogP contribution is -2.46. The normalized spacial score (nSPS) is 13.7. The molecule has 3 unspecified atom stereocenters. The van der Waals surface area contributed by atoms with Crippen molar-refractivity contribution in [1.29, 1.82) is 0 Å². The number of hydrogen-bond donors (Lipinski definition) is 3.